The van der Waals surface area contributed by atoms with Crippen molar-refractivity contribution in [3.8, 4) is 5.75 Å². The molecule has 0 aliphatic carbocycles. The molecule has 5 heteroatoms. The number of aromatic nitrogens is 1. The monoisotopic (exact) mass is 302 g/mol. The van der Waals surface area contributed by atoms with Gasteiger partial charge in [0.05, 0.1) is 0 Å². The standard InChI is InChI=1S/C17H22N2O3/c1-13-6-5-7-16(10-13)22-12-15(20)11-18-17(21)14(2)19-8-3-4-9-19/h3-10,14-15,20H,11-12H2,1-2H3,(H,18,21). The van der Waals surface area contributed by atoms with E-state index in [9.17, 15) is 9.90 Å². The van der Waals surface area contributed by atoms with Gasteiger partial charge in [-0.25, -0.2) is 0 Å². The molecule has 2 rings (SSSR count). The lowest BCUT2D eigenvalue weighted by Crippen LogP contribution is -2.38. The second kappa shape index (κ2) is 7.66. The second-order valence-electron chi connectivity index (χ2n) is 5.33. The lowest BCUT2D eigenvalue weighted by atomic mass is 10.2. The minimum absolute atomic E-state index is 0.134. The van der Waals surface area contributed by atoms with E-state index in [1.807, 2.05) is 67.2 Å². The van der Waals surface area contributed by atoms with Crippen molar-refractivity contribution in [2.24, 2.45) is 0 Å². The molecule has 0 saturated carbocycles. The normalized spacial score (nSPS) is 13.4. The van der Waals surface area contributed by atoms with Gasteiger partial charge in [-0.3, -0.25) is 4.79 Å². The first-order valence-corrected chi connectivity index (χ1v) is 7.34. The van der Waals surface area contributed by atoms with Gasteiger partial charge in [-0.15, -0.1) is 0 Å². The fourth-order valence-electron chi connectivity index (χ4n) is 2.06. The summed E-state index contributed by atoms with van der Waals surface area (Å²) in [5.74, 6) is 0.580. The largest absolute Gasteiger partial charge is 0.491 e. The highest BCUT2D eigenvalue weighted by atomic mass is 16.5. The predicted octanol–water partition coefficient (Wildman–Crippen LogP) is 1.91. The number of ether oxygens (including phenoxy) is 1. The first-order chi connectivity index (χ1) is 10.6. The Morgan fingerprint density at radius 3 is 2.73 bits per heavy atom. The Kier molecular flexibility index (Phi) is 5.61. The number of benzene rings is 1. The number of aliphatic hydroxyl groups excluding tert-OH is 1. The molecule has 118 valence electrons. The molecule has 0 spiro atoms. The van der Waals surface area contributed by atoms with E-state index in [2.05, 4.69) is 5.32 Å². The molecular weight excluding hydrogens is 280 g/mol. The zero-order valence-corrected chi connectivity index (χ0v) is 12.9. The highest BCUT2D eigenvalue weighted by Crippen LogP contribution is 2.12. The van der Waals surface area contributed by atoms with Crippen molar-refractivity contribution >= 4 is 5.91 Å². The van der Waals surface area contributed by atoms with Crippen LogP contribution in [0.25, 0.3) is 0 Å². The van der Waals surface area contributed by atoms with Crippen LogP contribution in [0.5, 0.6) is 5.75 Å². The number of amides is 1. The molecule has 1 heterocycles. The topological polar surface area (TPSA) is 63.5 Å². The molecule has 0 aliphatic heterocycles. The first-order valence-electron chi connectivity index (χ1n) is 7.34. The van der Waals surface area contributed by atoms with Crippen molar-refractivity contribution in [3.05, 3.63) is 54.4 Å². The van der Waals surface area contributed by atoms with Crippen LogP contribution in [0.1, 0.15) is 18.5 Å². The van der Waals surface area contributed by atoms with Crippen molar-refractivity contribution in [2.45, 2.75) is 26.0 Å². The van der Waals surface area contributed by atoms with E-state index in [1.54, 1.807) is 0 Å². The molecule has 0 bridgehead atoms. The Bertz CT molecular complexity index is 596. The number of carbonyl (C=O) groups is 1. The maximum Gasteiger partial charge on any atom is 0.242 e. The van der Waals surface area contributed by atoms with Crippen LogP contribution in [0.4, 0.5) is 0 Å². The minimum Gasteiger partial charge on any atom is -0.491 e. The molecule has 1 amide bonds. The van der Waals surface area contributed by atoms with Gasteiger partial charge in [-0.1, -0.05) is 12.1 Å². The summed E-state index contributed by atoms with van der Waals surface area (Å²) in [4.78, 5) is 12.0. The molecule has 0 saturated heterocycles. The van der Waals surface area contributed by atoms with Gasteiger partial charge in [0.1, 0.15) is 24.5 Å². The third-order valence-corrected chi connectivity index (χ3v) is 3.40. The van der Waals surface area contributed by atoms with Crippen LogP contribution >= 0.6 is 0 Å². The van der Waals surface area contributed by atoms with Gasteiger partial charge in [0.25, 0.3) is 0 Å². The number of nitrogens with one attached hydrogen (secondary N) is 1. The molecule has 0 aliphatic rings. The fraction of sp³-hybridized carbons (Fsp3) is 0.353. The Morgan fingerprint density at radius 1 is 1.32 bits per heavy atom. The van der Waals surface area contributed by atoms with Gasteiger partial charge in [-0.2, -0.15) is 0 Å². The fourth-order valence-corrected chi connectivity index (χ4v) is 2.06. The zero-order valence-electron chi connectivity index (χ0n) is 12.9. The highest BCUT2D eigenvalue weighted by Gasteiger charge is 2.15. The van der Waals surface area contributed by atoms with E-state index in [0.29, 0.717) is 5.75 Å². The van der Waals surface area contributed by atoms with E-state index in [0.717, 1.165) is 5.56 Å². The maximum atomic E-state index is 12.0. The van der Waals surface area contributed by atoms with Crippen LogP contribution in [0.2, 0.25) is 0 Å². The molecule has 5 nitrogen and oxygen atoms in total. The summed E-state index contributed by atoms with van der Waals surface area (Å²) in [6, 6.07) is 11.1. The molecule has 0 fully saturated rings. The summed E-state index contributed by atoms with van der Waals surface area (Å²) in [6.45, 7) is 4.09. The van der Waals surface area contributed by atoms with Crippen LogP contribution in [0.3, 0.4) is 0 Å². The van der Waals surface area contributed by atoms with Gasteiger partial charge in [0.15, 0.2) is 0 Å². The van der Waals surface area contributed by atoms with E-state index in [1.165, 1.54) is 0 Å². The number of carbonyl (C=O) groups excluding carboxylic acids is 1. The van der Waals surface area contributed by atoms with Gasteiger partial charge in [-0.05, 0) is 43.7 Å². The van der Waals surface area contributed by atoms with E-state index in [-0.39, 0.29) is 25.1 Å². The summed E-state index contributed by atoms with van der Waals surface area (Å²) < 4.78 is 7.32. The number of aryl methyl sites for hydroxylation is 1. The molecule has 2 atom stereocenters. The Hall–Kier alpha value is -2.27. The van der Waals surface area contributed by atoms with E-state index >= 15 is 0 Å². The third-order valence-electron chi connectivity index (χ3n) is 3.40. The Balaban J connectivity index is 1.73. The van der Waals surface area contributed by atoms with Crippen LogP contribution in [0.15, 0.2) is 48.8 Å². The number of aliphatic hydroxyl groups is 1. The minimum atomic E-state index is -0.749. The molecule has 0 radical (unpaired) electrons. The van der Waals surface area contributed by atoms with Gasteiger partial charge in [0.2, 0.25) is 5.91 Å². The summed E-state index contributed by atoms with van der Waals surface area (Å²) in [5.41, 5.74) is 1.10. The van der Waals surface area contributed by atoms with Crippen LogP contribution in [0, 0.1) is 6.92 Å². The van der Waals surface area contributed by atoms with Crippen molar-refractivity contribution in [3.63, 3.8) is 0 Å². The zero-order chi connectivity index (χ0) is 15.9. The number of rotatable bonds is 7. The highest BCUT2D eigenvalue weighted by molar-refractivity contribution is 5.79. The molecular formula is C17H22N2O3. The average molecular weight is 302 g/mol. The first kappa shape index (κ1) is 16.1. The average Bonchev–Trinajstić information content (AvgIpc) is 3.04. The number of hydrogen-bond donors (Lipinski definition) is 2. The van der Waals surface area contributed by atoms with Gasteiger partial charge < -0.3 is 19.7 Å². The molecule has 22 heavy (non-hydrogen) atoms. The van der Waals surface area contributed by atoms with E-state index in [4.69, 9.17) is 4.74 Å². The third kappa shape index (κ3) is 4.63. The summed E-state index contributed by atoms with van der Waals surface area (Å²) in [5, 5.41) is 12.6. The number of nitrogens with zero attached hydrogens (tertiary/aromatic N) is 1. The Labute approximate surface area is 130 Å². The SMILES string of the molecule is Cc1cccc(OCC(O)CNC(=O)C(C)n2cccc2)c1. The Morgan fingerprint density at radius 2 is 2.05 bits per heavy atom. The van der Waals surface area contributed by atoms with Gasteiger partial charge >= 0.3 is 0 Å². The summed E-state index contributed by atoms with van der Waals surface area (Å²) in [7, 11) is 0. The lowest BCUT2D eigenvalue weighted by Gasteiger charge is -2.17. The smallest absolute Gasteiger partial charge is 0.242 e. The molecule has 2 aromatic rings. The van der Waals surface area contributed by atoms with Crippen LogP contribution in [-0.2, 0) is 4.79 Å². The quantitative estimate of drug-likeness (QED) is 0.821. The van der Waals surface area contributed by atoms with Crippen molar-refractivity contribution in [2.75, 3.05) is 13.2 Å². The molecule has 2 N–H and O–H groups in total. The van der Waals surface area contributed by atoms with E-state index < -0.39 is 6.10 Å². The molecule has 1 aromatic heterocycles. The molecule has 1 aromatic carbocycles. The summed E-state index contributed by atoms with van der Waals surface area (Å²) in [6.07, 6.45) is 2.92. The second-order valence-corrected chi connectivity index (χ2v) is 5.33. The lowest BCUT2D eigenvalue weighted by molar-refractivity contribution is -0.124. The number of hydrogen-bond acceptors (Lipinski definition) is 3. The summed E-state index contributed by atoms with van der Waals surface area (Å²) >= 11 is 0. The molecule has 2 unspecified atom stereocenters. The van der Waals surface area contributed by atoms with Crippen LogP contribution < -0.4 is 10.1 Å². The maximum absolute atomic E-state index is 12.0. The van der Waals surface area contributed by atoms with Crippen molar-refractivity contribution in [1.82, 2.24) is 9.88 Å². The van der Waals surface area contributed by atoms with Crippen molar-refractivity contribution in [1.29, 1.82) is 0 Å². The van der Waals surface area contributed by atoms with Crippen LogP contribution in [-0.4, -0.2) is 34.8 Å². The van der Waals surface area contributed by atoms with Crippen molar-refractivity contribution < 1.29 is 14.6 Å². The van der Waals surface area contributed by atoms with Gasteiger partial charge in [0, 0.05) is 18.9 Å². The predicted molar refractivity (Wildman–Crippen MR) is 84.8 cm³/mol.